The van der Waals surface area contributed by atoms with Crippen LogP contribution < -0.4 is 5.32 Å². The molecule has 0 saturated carbocycles. The van der Waals surface area contributed by atoms with Gasteiger partial charge in [0.1, 0.15) is 18.8 Å². The number of halogens is 3. The molecular formula is C18H18F3NO4S. The number of hydrogen-bond acceptors (Lipinski definition) is 5. The topological polar surface area (TPSA) is 78.8 Å². The third-order valence-electron chi connectivity index (χ3n) is 3.47. The zero-order chi connectivity index (χ0) is 19.9. The van der Waals surface area contributed by atoms with Gasteiger partial charge in [0.25, 0.3) is 0 Å². The van der Waals surface area contributed by atoms with Gasteiger partial charge in [0.15, 0.2) is 0 Å². The predicted octanol–water partition coefficient (Wildman–Crippen LogP) is 3.62. The molecule has 1 amide bonds. The van der Waals surface area contributed by atoms with Gasteiger partial charge in [0.05, 0.1) is 0 Å². The molecule has 2 atom stereocenters. The number of rotatable bonds is 7. The third-order valence-corrected chi connectivity index (χ3v) is 4.19. The van der Waals surface area contributed by atoms with E-state index in [4.69, 9.17) is 4.74 Å². The van der Waals surface area contributed by atoms with Crippen molar-refractivity contribution < 1.29 is 32.9 Å². The van der Waals surface area contributed by atoms with Crippen LogP contribution in [0, 0.1) is 0 Å². The molecule has 2 aromatic rings. The largest absolute Gasteiger partial charge is 0.446 e. The summed E-state index contributed by atoms with van der Waals surface area (Å²) in [4.78, 5) is 11.5. The van der Waals surface area contributed by atoms with Crippen molar-refractivity contribution in [3.8, 4) is 0 Å². The summed E-state index contributed by atoms with van der Waals surface area (Å²) in [5.74, 6) is 0. The molecule has 0 aliphatic heterocycles. The Bertz CT molecular complexity index is 743. The van der Waals surface area contributed by atoms with Crippen molar-refractivity contribution in [2.24, 2.45) is 0 Å². The van der Waals surface area contributed by atoms with Crippen LogP contribution in [-0.2, 0) is 11.3 Å². The fraction of sp³-hybridized carbons (Fsp3) is 0.278. The van der Waals surface area contributed by atoms with Crippen LogP contribution in [0.25, 0.3) is 0 Å². The molecule has 0 aliphatic rings. The van der Waals surface area contributed by atoms with Gasteiger partial charge in [0.2, 0.25) is 0 Å². The lowest BCUT2D eigenvalue weighted by Crippen LogP contribution is -2.35. The summed E-state index contributed by atoms with van der Waals surface area (Å²) in [5, 5.41) is 22.4. The minimum atomic E-state index is -4.45. The molecule has 2 aromatic carbocycles. The van der Waals surface area contributed by atoms with Crippen LogP contribution in [0.15, 0.2) is 59.5 Å². The minimum Gasteiger partial charge on any atom is -0.445 e. The van der Waals surface area contributed by atoms with Crippen molar-refractivity contribution in [2.75, 3.05) is 6.54 Å². The normalized spacial score (nSPS) is 13.7. The molecule has 9 heteroatoms. The van der Waals surface area contributed by atoms with E-state index in [1.165, 1.54) is 18.2 Å². The van der Waals surface area contributed by atoms with Crippen molar-refractivity contribution in [1.29, 1.82) is 0 Å². The number of carbonyl (C=O) groups is 1. The second-order valence-corrected chi connectivity index (χ2v) is 6.71. The Balaban J connectivity index is 1.83. The first kappa shape index (κ1) is 21.1. The van der Waals surface area contributed by atoms with Gasteiger partial charge in [-0.1, -0.05) is 42.5 Å². The van der Waals surface area contributed by atoms with Gasteiger partial charge >= 0.3 is 11.6 Å². The maximum absolute atomic E-state index is 12.4. The molecule has 146 valence electrons. The van der Waals surface area contributed by atoms with Crippen molar-refractivity contribution in [1.82, 2.24) is 5.32 Å². The van der Waals surface area contributed by atoms with Gasteiger partial charge in [-0.15, -0.1) is 0 Å². The van der Waals surface area contributed by atoms with Gasteiger partial charge in [-0.3, -0.25) is 0 Å². The monoisotopic (exact) mass is 401 g/mol. The molecule has 0 heterocycles. The third kappa shape index (κ3) is 7.49. The molecular weight excluding hydrogens is 383 g/mol. The van der Waals surface area contributed by atoms with Crippen molar-refractivity contribution >= 4 is 17.9 Å². The van der Waals surface area contributed by atoms with Crippen molar-refractivity contribution in [3.05, 3.63) is 65.7 Å². The Labute approximate surface area is 158 Å². The number of thioether (sulfide) groups is 1. The van der Waals surface area contributed by atoms with Gasteiger partial charge in [-0.05, 0) is 35.0 Å². The first-order valence-electron chi connectivity index (χ1n) is 7.91. The summed E-state index contributed by atoms with van der Waals surface area (Å²) in [7, 11) is 0. The number of aliphatic hydroxyl groups is 2. The average molecular weight is 401 g/mol. The molecule has 0 spiro atoms. The van der Waals surface area contributed by atoms with E-state index in [2.05, 4.69) is 5.32 Å². The van der Waals surface area contributed by atoms with Gasteiger partial charge in [-0.2, -0.15) is 13.2 Å². The second-order valence-electron chi connectivity index (χ2n) is 5.58. The van der Waals surface area contributed by atoms with E-state index >= 15 is 0 Å². The Morgan fingerprint density at radius 3 is 2.48 bits per heavy atom. The van der Waals surface area contributed by atoms with Crippen LogP contribution in [0.4, 0.5) is 18.0 Å². The van der Waals surface area contributed by atoms with E-state index in [9.17, 15) is 28.2 Å². The highest BCUT2D eigenvalue weighted by Crippen LogP contribution is 2.37. The highest BCUT2D eigenvalue weighted by Gasteiger charge is 2.29. The lowest BCUT2D eigenvalue weighted by molar-refractivity contribution is -0.0328. The number of alkyl halides is 3. The van der Waals surface area contributed by atoms with Gasteiger partial charge < -0.3 is 20.3 Å². The summed E-state index contributed by atoms with van der Waals surface area (Å²) in [5.41, 5.74) is -3.56. The number of alkyl carbamates (subject to hydrolysis) is 1. The summed E-state index contributed by atoms with van der Waals surface area (Å²) in [6.07, 6.45) is -3.67. The molecule has 2 rings (SSSR count). The maximum atomic E-state index is 12.4. The standard InChI is InChI=1S/C18H18F3NO4S/c19-18(20,21)27-14-8-4-7-13(9-14)16(24)15(23)10-22-17(25)26-11-12-5-2-1-3-6-12/h1-9,15-16,23-24H,10-11H2,(H,22,25). The first-order valence-corrected chi connectivity index (χ1v) is 8.72. The van der Waals surface area contributed by atoms with E-state index in [1.54, 1.807) is 24.3 Å². The quantitative estimate of drug-likeness (QED) is 0.618. The molecule has 5 nitrogen and oxygen atoms in total. The Kier molecular flexibility index (Phi) is 7.52. The molecule has 2 unspecified atom stereocenters. The van der Waals surface area contributed by atoms with Crippen LogP contribution in [-0.4, -0.2) is 34.5 Å². The molecule has 0 bridgehead atoms. The van der Waals surface area contributed by atoms with Crippen LogP contribution in [0.5, 0.6) is 0 Å². The number of ether oxygens (including phenoxy) is 1. The van der Waals surface area contributed by atoms with Gasteiger partial charge in [0, 0.05) is 11.4 Å². The number of carbonyl (C=O) groups excluding carboxylic acids is 1. The number of amides is 1. The van der Waals surface area contributed by atoms with E-state index in [1.807, 2.05) is 6.07 Å². The van der Waals surface area contributed by atoms with Crippen molar-refractivity contribution in [3.63, 3.8) is 0 Å². The molecule has 0 aliphatic carbocycles. The summed E-state index contributed by atoms with van der Waals surface area (Å²) < 4.78 is 42.2. The zero-order valence-electron chi connectivity index (χ0n) is 14.0. The van der Waals surface area contributed by atoms with E-state index in [-0.39, 0.29) is 35.4 Å². The smallest absolute Gasteiger partial charge is 0.445 e. The van der Waals surface area contributed by atoms with Crippen molar-refractivity contribution in [2.45, 2.75) is 29.2 Å². The molecule has 27 heavy (non-hydrogen) atoms. The second kappa shape index (κ2) is 9.63. The summed E-state index contributed by atoms with van der Waals surface area (Å²) in [6.45, 7) is -0.284. The lowest BCUT2D eigenvalue weighted by atomic mass is 10.0. The van der Waals surface area contributed by atoms with Crippen LogP contribution in [0.2, 0.25) is 0 Å². The molecule has 0 radical (unpaired) electrons. The van der Waals surface area contributed by atoms with E-state index in [0.717, 1.165) is 11.6 Å². The van der Waals surface area contributed by atoms with Crippen LogP contribution >= 0.6 is 11.8 Å². The van der Waals surface area contributed by atoms with E-state index < -0.39 is 23.8 Å². The Morgan fingerprint density at radius 2 is 1.81 bits per heavy atom. The number of hydrogen-bond donors (Lipinski definition) is 3. The molecule has 0 aromatic heterocycles. The number of nitrogens with one attached hydrogen (secondary N) is 1. The molecule has 3 N–H and O–H groups in total. The SMILES string of the molecule is O=C(NCC(O)C(O)c1cccc(SC(F)(F)F)c1)OCc1ccccc1. The lowest BCUT2D eigenvalue weighted by Gasteiger charge is -2.19. The average Bonchev–Trinajstić information content (AvgIpc) is 2.63. The van der Waals surface area contributed by atoms with Crippen LogP contribution in [0.3, 0.4) is 0 Å². The number of benzene rings is 2. The molecule has 0 saturated heterocycles. The minimum absolute atomic E-state index is 0.0437. The first-order chi connectivity index (χ1) is 12.7. The van der Waals surface area contributed by atoms with E-state index in [0.29, 0.717) is 0 Å². The fourth-order valence-corrected chi connectivity index (χ4v) is 2.80. The number of aliphatic hydroxyl groups excluding tert-OH is 2. The highest BCUT2D eigenvalue weighted by molar-refractivity contribution is 8.00. The Morgan fingerprint density at radius 1 is 1.11 bits per heavy atom. The zero-order valence-corrected chi connectivity index (χ0v) is 14.8. The summed E-state index contributed by atoms with van der Waals surface area (Å²) in [6, 6.07) is 14.1. The predicted molar refractivity (Wildman–Crippen MR) is 94.0 cm³/mol. The molecule has 0 fully saturated rings. The van der Waals surface area contributed by atoms with Crippen LogP contribution in [0.1, 0.15) is 17.2 Å². The highest BCUT2D eigenvalue weighted by atomic mass is 32.2. The Hall–Kier alpha value is -2.23. The van der Waals surface area contributed by atoms with Gasteiger partial charge in [-0.25, -0.2) is 4.79 Å². The maximum Gasteiger partial charge on any atom is 0.446 e. The summed E-state index contributed by atoms with van der Waals surface area (Å²) >= 11 is -0.316. The fourth-order valence-electron chi connectivity index (χ4n) is 2.19.